The molecule has 1 amide bonds. The van der Waals surface area contributed by atoms with Crippen LogP contribution in [-0.2, 0) is 4.79 Å². The van der Waals surface area contributed by atoms with Gasteiger partial charge in [-0.3, -0.25) is 4.79 Å². The van der Waals surface area contributed by atoms with Crippen molar-refractivity contribution < 1.29 is 13.6 Å². The van der Waals surface area contributed by atoms with E-state index in [0.29, 0.717) is 24.4 Å². The molecule has 9 heteroatoms. The van der Waals surface area contributed by atoms with Crippen LogP contribution in [0, 0.1) is 17.6 Å². The maximum absolute atomic E-state index is 13.3. The molecule has 2 aromatic heterocycles. The highest BCUT2D eigenvalue weighted by atomic mass is 19.2. The molecule has 1 aliphatic heterocycles. The lowest BCUT2D eigenvalue weighted by Gasteiger charge is -2.32. The zero-order valence-electron chi connectivity index (χ0n) is 13.7. The lowest BCUT2D eigenvalue weighted by atomic mass is 9.97. The number of aromatic amines is 1. The summed E-state index contributed by atoms with van der Waals surface area (Å²) in [7, 11) is 0. The summed E-state index contributed by atoms with van der Waals surface area (Å²) in [6, 6.07) is 3.32. The van der Waals surface area contributed by atoms with Crippen molar-refractivity contribution in [3.05, 3.63) is 42.5 Å². The van der Waals surface area contributed by atoms with Crippen molar-refractivity contribution >= 4 is 28.6 Å². The lowest BCUT2D eigenvalue weighted by molar-refractivity contribution is -0.120. The second-order valence-corrected chi connectivity index (χ2v) is 6.20. The number of fused-ring (bicyclic) bond motifs is 1. The standard InChI is InChI=1S/C17H16F2N6O/c18-12-4-3-11(6-13(12)19)24-17(26)10-2-1-5-25(7-10)16-14-15(21-8-20-14)22-9-23-16/h3-4,6,8-10H,1-2,5,7H2,(H,24,26)(H,20,21,22,23)/t10-/m1/s1. The van der Waals surface area contributed by atoms with Crippen molar-refractivity contribution in [3.8, 4) is 0 Å². The minimum Gasteiger partial charge on any atom is -0.354 e. The lowest BCUT2D eigenvalue weighted by Crippen LogP contribution is -2.41. The zero-order chi connectivity index (χ0) is 18.1. The molecule has 1 aromatic carbocycles. The molecule has 0 saturated carbocycles. The average molecular weight is 358 g/mol. The molecule has 1 saturated heterocycles. The number of carbonyl (C=O) groups excluding carboxylic acids is 1. The first-order valence-corrected chi connectivity index (χ1v) is 8.27. The summed E-state index contributed by atoms with van der Waals surface area (Å²) in [5.41, 5.74) is 1.54. The van der Waals surface area contributed by atoms with E-state index >= 15 is 0 Å². The Labute approximate surface area is 147 Å². The van der Waals surface area contributed by atoms with Crippen LogP contribution in [0.15, 0.2) is 30.9 Å². The summed E-state index contributed by atoms with van der Waals surface area (Å²) in [6.45, 7) is 1.24. The van der Waals surface area contributed by atoms with Gasteiger partial charge in [-0.1, -0.05) is 0 Å². The van der Waals surface area contributed by atoms with Crippen LogP contribution >= 0.6 is 0 Å². The molecule has 0 aliphatic carbocycles. The van der Waals surface area contributed by atoms with Gasteiger partial charge in [0, 0.05) is 24.8 Å². The number of nitrogens with one attached hydrogen (secondary N) is 2. The molecule has 3 aromatic rings. The van der Waals surface area contributed by atoms with Crippen LogP contribution in [0.3, 0.4) is 0 Å². The number of halogens is 2. The number of nitrogens with zero attached hydrogens (tertiary/aromatic N) is 4. The van der Waals surface area contributed by atoms with Crippen LogP contribution in [0.2, 0.25) is 0 Å². The monoisotopic (exact) mass is 358 g/mol. The number of benzene rings is 1. The largest absolute Gasteiger partial charge is 0.354 e. The van der Waals surface area contributed by atoms with E-state index in [1.165, 1.54) is 12.4 Å². The fourth-order valence-corrected chi connectivity index (χ4v) is 3.19. The Kier molecular flexibility index (Phi) is 4.19. The molecule has 0 bridgehead atoms. The summed E-state index contributed by atoms with van der Waals surface area (Å²) < 4.78 is 26.3. The van der Waals surface area contributed by atoms with Crippen LogP contribution in [0.1, 0.15) is 12.8 Å². The summed E-state index contributed by atoms with van der Waals surface area (Å²) in [5, 5.41) is 2.66. The van der Waals surface area contributed by atoms with Gasteiger partial charge in [-0.25, -0.2) is 23.7 Å². The molecule has 0 unspecified atom stereocenters. The first kappa shape index (κ1) is 16.4. The first-order valence-electron chi connectivity index (χ1n) is 8.27. The number of aromatic nitrogens is 4. The predicted octanol–water partition coefficient (Wildman–Crippen LogP) is 2.49. The van der Waals surface area contributed by atoms with Crippen LogP contribution < -0.4 is 10.2 Å². The van der Waals surface area contributed by atoms with Crippen LogP contribution in [0.25, 0.3) is 11.2 Å². The third-order valence-corrected chi connectivity index (χ3v) is 4.48. The van der Waals surface area contributed by atoms with Crippen LogP contribution in [-0.4, -0.2) is 38.9 Å². The van der Waals surface area contributed by atoms with Gasteiger partial charge in [0.05, 0.1) is 12.2 Å². The van der Waals surface area contributed by atoms with Gasteiger partial charge in [-0.05, 0) is 25.0 Å². The molecule has 2 N–H and O–H groups in total. The summed E-state index contributed by atoms with van der Waals surface area (Å²) in [4.78, 5) is 30.1. The van der Waals surface area contributed by atoms with Crippen molar-refractivity contribution in [1.82, 2.24) is 19.9 Å². The predicted molar refractivity (Wildman–Crippen MR) is 91.6 cm³/mol. The number of anilines is 2. The number of hydrogen-bond donors (Lipinski definition) is 2. The van der Waals surface area contributed by atoms with E-state index in [4.69, 9.17) is 0 Å². The molecular weight excluding hydrogens is 342 g/mol. The average Bonchev–Trinajstić information content (AvgIpc) is 3.13. The smallest absolute Gasteiger partial charge is 0.229 e. The minimum atomic E-state index is -0.990. The van der Waals surface area contributed by atoms with E-state index in [2.05, 4.69) is 25.3 Å². The number of piperidine rings is 1. The Morgan fingerprint density at radius 2 is 2.12 bits per heavy atom. The van der Waals surface area contributed by atoms with Crippen molar-refractivity contribution in [1.29, 1.82) is 0 Å². The van der Waals surface area contributed by atoms with E-state index in [1.807, 2.05) is 4.90 Å². The molecule has 4 rings (SSSR count). The van der Waals surface area contributed by atoms with Gasteiger partial charge in [0.2, 0.25) is 5.91 Å². The third-order valence-electron chi connectivity index (χ3n) is 4.48. The van der Waals surface area contributed by atoms with Crippen molar-refractivity contribution in [2.45, 2.75) is 12.8 Å². The van der Waals surface area contributed by atoms with Gasteiger partial charge in [0.25, 0.3) is 0 Å². The van der Waals surface area contributed by atoms with Crippen molar-refractivity contribution in [2.75, 3.05) is 23.3 Å². The van der Waals surface area contributed by atoms with Gasteiger partial charge in [0.15, 0.2) is 23.1 Å². The second-order valence-electron chi connectivity index (χ2n) is 6.20. The Bertz CT molecular complexity index is 959. The van der Waals surface area contributed by atoms with Crippen molar-refractivity contribution in [3.63, 3.8) is 0 Å². The van der Waals surface area contributed by atoms with E-state index in [9.17, 15) is 13.6 Å². The molecule has 1 fully saturated rings. The Morgan fingerprint density at radius 1 is 1.23 bits per heavy atom. The summed E-state index contributed by atoms with van der Waals surface area (Å²) in [6.07, 6.45) is 4.53. The van der Waals surface area contributed by atoms with Crippen LogP contribution in [0.4, 0.5) is 20.3 Å². The van der Waals surface area contributed by atoms with E-state index in [1.54, 1.807) is 6.33 Å². The molecule has 0 radical (unpaired) electrons. The molecule has 134 valence electrons. The maximum atomic E-state index is 13.3. The molecule has 1 aliphatic rings. The number of rotatable bonds is 3. The Morgan fingerprint density at radius 3 is 2.96 bits per heavy atom. The highest BCUT2D eigenvalue weighted by molar-refractivity contribution is 5.93. The van der Waals surface area contributed by atoms with Gasteiger partial charge >= 0.3 is 0 Å². The minimum absolute atomic E-state index is 0.226. The number of carbonyl (C=O) groups is 1. The topological polar surface area (TPSA) is 86.8 Å². The number of amides is 1. The quantitative estimate of drug-likeness (QED) is 0.751. The normalized spacial score (nSPS) is 17.5. The molecule has 26 heavy (non-hydrogen) atoms. The summed E-state index contributed by atoms with van der Waals surface area (Å²) in [5.74, 6) is -1.74. The van der Waals surface area contributed by atoms with Gasteiger partial charge in [-0.2, -0.15) is 0 Å². The molecule has 0 spiro atoms. The van der Waals surface area contributed by atoms with E-state index < -0.39 is 11.6 Å². The highest BCUT2D eigenvalue weighted by Crippen LogP contribution is 2.26. The maximum Gasteiger partial charge on any atom is 0.229 e. The first-order chi connectivity index (χ1) is 12.6. The fraction of sp³-hybridized carbons (Fsp3) is 0.294. The fourth-order valence-electron chi connectivity index (χ4n) is 3.19. The number of hydrogen-bond acceptors (Lipinski definition) is 5. The van der Waals surface area contributed by atoms with Crippen molar-refractivity contribution in [2.24, 2.45) is 5.92 Å². The molecule has 1 atom stereocenters. The Balaban J connectivity index is 1.50. The second kappa shape index (κ2) is 6.66. The van der Waals surface area contributed by atoms with Gasteiger partial charge in [0.1, 0.15) is 11.8 Å². The van der Waals surface area contributed by atoms with E-state index in [-0.39, 0.29) is 17.5 Å². The SMILES string of the molecule is O=C(Nc1ccc(F)c(F)c1)[C@@H]1CCCN(c2ncnc3nc[nH]c23)C1. The summed E-state index contributed by atoms with van der Waals surface area (Å²) >= 11 is 0. The van der Waals surface area contributed by atoms with Gasteiger partial charge < -0.3 is 15.2 Å². The van der Waals surface area contributed by atoms with Crippen LogP contribution in [0.5, 0.6) is 0 Å². The third kappa shape index (κ3) is 3.07. The zero-order valence-corrected chi connectivity index (χ0v) is 13.7. The molecule has 3 heterocycles. The Hall–Kier alpha value is -3.10. The number of imidazole rings is 1. The molecule has 7 nitrogen and oxygen atoms in total. The number of H-pyrrole nitrogens is 1. The van der Waals surface area contributed by atoms with Gasteiger partial charge in [-0.15, -0.1) is 0 Å². The molecular formula is C17H16F2N6O. The highest BCUT2D eigenvalue weighted by Gasteiger charge is 2.28. The van der Waals surface area contributed by atoms with E-state index in [0.717, 1.165) is 30.6 Å².